The Morgan fingerprint density at radius 3 is 2.43 bits per heavy atom. The average molecular weight is 492 g/mol. The monoisotopic (exact) mass is 491 g/mol. The van der Waals surface area contributed by atoms with E-state index >= 15 is 0 Å². The maximum Gasteiger partial charge on any atom is 0.255 e. The van der Waals surface area contributed by atoms with Crippen molar-refractivity contribution in [3.05, 3.63) is 75.2 Å². The minimum Gasteiger partial charge on any atom is -0.397 e. The number of anilines is 2. The van der Waals surface area contributed by atoms with Gasteiger partial charge >= 0.3 is 0 Å². The fourth-order valence-corrected chi connectivity index (χ4v) is 5.63. The first kappa shape index (κ1) is 24.9. The molecule has 35 heavy (non-hydrogen) atoms. The molecule has 7 nitrogen and oxygen atoms in total. The van der Waals surface area contributed by atoms with Crippen molar-refractivity contribution in [2.75, 3.05) is 24.1 Å². The molecule has 0 bridgehead atoms. The van der Waals surface area contributed by atoms with Crippen LogP contribution in [0.5, 0.6) is 0 Å². The zero-order chi connectivity index (χ0) is 25.0. The number of hydrogen-bond acceptors (Lipinski definition) is 6. The number of nitrogen functional groups attached to an aromatic ring is 1. The second kappa shape index (κ2) is 10.6. The molecule has 2 heterocycles. The van der Waals surface area contributed by atoms with Gasteiger partial charge in [-0.15, -0.1) is 11.3 Å². The van der Waals surface area contributed by atoms with Gasteiger partial charge < -0.3 is 21.7 Å². The number of carbonyl (C=O) groups excluding carboxylic acids is 2. The standard InChI is InChI=1S/C24H25N5O2S.C3H8/c25-13-21(30)29-12-9-19-20(14-29)32-23(28-19)24(10-11-24)16-7-5-15(6-8-16)22(31)27-18-4-2-1-3-17(18)26;1-3-2/h1-8H,9-14,25-26H2,(H,27,31);3H2,1-2H3. The summed E-state index contributed by atoms with van der Waals surface area (Å²) < 4.78 is 0. The lowest BCUT2D eigenvalue weighted by Crippen LogP contribution is -2.39. The van der Waals surface area contributed by atoms with E-state index in [0.29, 0.717) is 30.0 Å². The number of fused-ring (bicyclic) bond motifs is 1. The van der Waals surface area contributed by atoms with Gasteiger partial charge in [0.25, 0.3) is 5.91 Å². The van der Waals surface area contributed by atoms with E-state index in [1.54, 1.807) is 23.5 Å². The number of hydrogen-bond donors (Lipinski definition) is 3. The summed E-state index contributed by atoms with van der Waals surface area (Å²) in [6, 6.07) is 15.0. The zero-order valence-corrected chi connectivity index (χ0v) is 21.2. The highest BCUT2D eigenvalue weighted by Gasteiger charge is 2.49. The molecule has 184 valence electrons. The van der Waals surface area contributed by atoms with E-state index in [1.165, 1.54) is 12.0 Å². The fraction of sp³-hybridized carbons (Fsp3) is 0.370. The van der Waals surface area contributed by atoms with Gasteiger partial charge in [0.05, 0.1) is 30.2 Å². The summed E-state index contributed by atoms with van der Waals surface area (Å²) in [5.41, 5.74) is 15.4. The van der Waals surface area contributed by atoms with Gasteiger partial charge in [0.15, 0.2) is 0 Å². The largest absolute Gasteiger partial charge is 0.397 e. The second-order valence-electron chi connectivity index (χ2n) is 9.07. The first-order valence-corrected chi connectivity index (χ1v) is 13.0. The maximum atomic E-state index is 12.6. The highest BCUT2D eigenvalue weighted by atomic mass is 32.1. The Hall–Kier alpha value is -3.23. The number of nitrogens with zero attached hydrogens (tertiary/aromatic N) is 2. The van der Waals surface area contributed by atoms with Crippen LogP contribution in [-0.4, -0.2) is 34.8 Å². The van der Waals surface area contributed by atoms with Crippen LogP contribution in [0.15, 0.2) is 48.5 Å². The Morgan fingerprint density at radius 2 is 1.80 bits per heavy atom. The van der Waals surface area contributed by atoms with Crippen LogP contribution in [0.4, 0.5) is 11.4 Å². The summed E-state index contributed by atoms with van der Waals surface area (Å²) in [6.07, 6.45) is 4.10. The molecule has 5 rings (SSSR count). The summed E-state index contributed by atoms with van der Waals surface area (Å²) in [4.78, 5) is 32.6. The van der Waals surface area contributed by atoms with Crippen molar-refractivity contribution in [1.82, 2.24) is 9.88 Å². The quantitative estimate of drug-likeness (QED) is 0.460. The van der Waals surface area contributed by atoms with Gasteiger partial charge in [-0.25, -0.2) is 4.98 Å². The van der Waals surface area contributed by atoms with E-state index in [4.69, 9.17) is 16.5 Å². The molecule has 1 saturated carbocycles. The third kappa shape index (κ3) is 5.23. The van der Waals surface area contributed by atoms with E-state index in [9.17, 15) is 9.59 Å². The van der Waals surface area contributed by atoms with Crippen LogP contribution < -0.4 is 16.8 Å². The van der Waals surface area contributed by atoms with Crippen LogP contribution in [0.1, 0.15) is 64.6 Å². The molecule has 0 unspecified atom stereocenters. The number of thiazole rings is 1. The van der Waals surface area contributed by atoms with Crippen molar-refractivity contribution in [3.8, 4) is 0 Å². The van der Waals surface area contributed by atoms with Gasteiger partial charge in [0.2, 0.25) is 5.91 Å². The van der Waals surface area contributed by atoms with Crippen LogP contribution in [0, 0.1) is 0 Å². The highest BCUT2D eigenvalue weighted by Crippen LogP contribution is 2.55. The van der Waals surface area contributed by atoms with Crippen molar-refractivity contribution >= 4 is 34.5 Å². The Balaban J connectivity index is 0.000000917. The van der Waals surface area contributed by atoms with Gasteiger partial charge in [-0.2, -0.15) is 0 Å². The molecule has 5 N–H and O–H groups in total. The summed E-state index contributed by atoms with van der Waals surface area (Å²) in [5, 5.41) is 3.98. The van der Waals surface area contributed by atoms with Gasteiger partial charge in [0.1, 0.15) is 5.01 Å². The number of nitrogens with one attached hydrogen (secondary N) is 1. The van der Waals surface area contributed by atoms with Crippen LogP contribution in [-0.2, 0) is 23.2 Å². The highest BCUT2D eigenvalue weighted by molar-refractivity contribution is 7.12. The molecule has 1 aromatic heterocycles. The van der Waals surface area contributed by atoms with Crippen molar-refractivity contribution < 1.29 is 9.59 Å². The molecule has 2 aromatic carbocycles. The molecule has 1 fully saturated rings. The topological polar surface area (TPSA) is 114 Å². The molecule has 2 amide bonds. The minimum atomic E-state index is -0.186. The SMILES string of the molecule is CCC.NCC(=O)N1CCc2nc(C3(c4ccc(C(=O)Nc5ccccc5N)cc4)CC3)sc2C1. The van der Waals surface area contributed by atoms with Crippen molar-refractivity contribution in [2.24, 2.45) is 5.73 Å². The summed E-state index contributed by atoms with van der Waals surface area (Å²) in [6.45, 7) is 5.57. The average Bonchev–Trinajstić information content (AvgIpc) is 3.57. The normalized spacial score (nSPS) is 15.5. The number of rotatable bonds is 5. The molecule has 8 heteroatoms. The van der Waals surface area contributed by atoms with E-state index in [2.05, 4.69) is 19.2 Å². The molecule has 0 radical (unpaired) electrons. The predicted molar refractivity (Wildman–Crippen MR) is 142 cm³/mol. The summed E-state index contributed by atoms with van der Waals surface area (Å²) in [5.74, 6) is -0.202. The zero-order valence-electron chi connectivity index (χ0n) is 20.3. The smallest absolute Gasteiger partial charge is 0.255 e. The lowest BCUT2D eigenvalue weighted by Gasteiger charge is -2.25. The lowest BCUT2D eigenvalue weighted by atomic mass is 9.95. The van der Waals surface area contributed by atoms with Gasteiger partial charge in [-0.1, -0.05) is 44.5 Å². The van der Waals surface area contributed by atoms with Gasteiger partial charge in [-0.05, 0) is 42.7 Å². The van der Waals surface area contributed by atoms with Crippen LogP contribution in [0.3, 0.4) is 0 Å². The Bertz CT molecular complexity index is 1200. The second-order valence-corrected chi connectivity index (χ2v) is 10.1. The molecular formula is C27H33N5O2S. The maximum absolute atomic E-state index is 12.6. The Kier molecular flexibility index (Phi) is 7.52. The van der Waals surface area contributed by atoms with E-state index in [1.807, 2.05) is 41.3 Å². The Labute approximate surface area is 210 Å². The third-order valence-corrected chi connectivity index (χ3v) is 7.61. The van der Waals surface area contributed by atoms with Gasteiger partial charge in [0, 0.05) is 28.8 Å². The number of benzene rings is 2. The molecule has 0 spiro atoms. The van der Waals surface area contributed by atoms with Crippen molar-refractivity contribution in [2.45, 2.75) is 51.5 Å². The molecular weight excluding hydrogens is 458 g/mol. The van der Waals surface area contributed by atoms with E-state index in [-0.39, 0.29) is 23.8 Å². The van der Waals surface area contributed by atoms with E-state index in [0.717, 1.165) is 34.8 Å². The number of carbonyl (C=O) groups is 2. The molecule has 1 aliphatic carbocycles. The molecule has 0 saturated heterocycles. The Morgan fingerprint density at radius 1 is 1.11 bits per heavy atom. The molecule has 2 aliphatic rings. The first-order valence-electron chi connectivity index (χ1n) is 12.1. The number of aromatic nitrogens is 1. The molecule has 0 atom stereocenters. The lowest BCUT2D eigenvalue weighted by molar-refractivity contribution is -0.130. The number of para-hydroxylation sites is 2. The minimum absolute atomic E-state index is 0.0159. The number of amides is 2. The summed E-state index contributed by atoms with van der Waals surface area (Å²) >= 11 is 1.71. The predicted octanol–water partition coefficient (Wildman–Crippen LogP) is 4.32. The molecule has 3 aromatic rings. The third-order valence-electron chi connectivity index (χ3n) is 6.33. The summed E-state index contributed by atoms with van der Waals surface area (Å²) in [7, 11) is 0. The van der Waals surface area contributed by atoms with E-state index < -0.39 is 0 Å². The molecule has 1 aliphatic heterocycles. The van der Waals surface area contributed by atoms with Crippen LogP contribution in [0.25, 0.3) is 0 Å². The number of nitrogens with two attached hydrogens (primary N) is 2. The van der Waals surface area contributed by atoms with Crippen molar-refractivity contribution in [3.63, 3.8) is 0 Å². The van der Waals surface area contributed by atoms with Crippen LogP contribution in [0.2, 0.25) is 0 Å². The fourth-order valence-electron chi connectivity index (χ4n) is 4.24. The van der Waals surface area contributed by atoms with Gasteiger partial charge in [-0.3, -0.25) is 9.59 Å². The van der Waals surface area contributed by atoms with Crippen molar-refractivity contribution in [1.29, 1.82) is 0 Å². The van der Waals surface area contributed by atoms with Crippen LogP contribution >= 0.6 is 11.3 Å². The first-order chi connectivity index (χ1) is 16.9.